The Morgan fingerprint density at radius 1 is 0.857 bits per heavy atom. The second kappa shape index (κ2) is 11.7. The molecule has 0 heterocycles. The molecule has 6 nitrogen and oxygen atoms in total. The highest BCUT2D eigenvalue weighted by Crippen LogP contribution is 2.75. The summed E-state index contributed by atoms with van der Waals surface area (Å²) in [7, 11) is 0. The minimum Gasteiger partial charge on any atom is -0.393 e. The normalized spacial score (nSPS) is 41.3. The molecular formula is C40H55F3N2O4. The van der Waals surface area contributed by atoms with Gasteiger partial charge in [0.25, 0.3) is 5.91 Å². The smallest absolute Gasteiger partial charge is 0.393 e. The highest BCUT2D eigenvalue weighted by Gasteiger charge is 2.70. The summed E-state index contributed by atoms with van der Waals surface area (Å²) in [6.45, 7) is 16.2. The Bertz CT molecular complexity index is 1550. The molecule has 4 saturated carbocycles. The minimum atomic E-state index is -4.47. The molecule has 1 aromatic rings. The monoisotopic (exact) mass is 684 g/mol. The van der Waals surface area contributed by atoms with Gasteiger partial charge in [0.15, 0.2) is 5.78 Å². The third kappa shape index (κ3) is 5.50. The first-order chi connectivity index (χ1) is 22.6. The Balaban J connectivity index is 1.17. The number of benzene rings is 1. The van der Waals surface area contributed by atoms with Crippen LogP contribution in [0.15, 0.2) is 35.9 Å². The van der Waals surface area contributed by atoms with Crippen LogP contribution in [0.2, 0.25) is 0 Å². The number of fused-ring (bicyclic) bond motifs is 7. The van der Waals surface area contributed by atoms with Crippen LogP contribution in [-0.2, 0) is 15.8 Å². The Labute approximate surface area is 289 Å². The highest BCUT2D eigenvalue weighted by molar-refractivity contribution is 5.96. The van der Waals surface area contributed by atoms with Crippen molar-refractivity contribution < 1.29 is 32.7 Å². The van der Waals surface area contributed by atoms with Gasteiger partial charge in [0.1, 0.15) is 0 Å². The van der Waals surface area contributed by atoms with Gasteiger partial charge in [-0.2, -0.15) is 13.2 Å². The molecule has 1 unspecified atom stereocenters. The molecule has 0 spiro atoms. The number of aliphatic hydroxyl groups excluding tert-OH is 1. The van der Waals surface area contributed by atoms with E-state index in [4.69, 9.17) is 0 Å². The molecular weight excluding hydrogens is 629 g/mol. The van der Waals surface area contributed by atoms with Crippen molar-refractivity contribution >= 4 is 17.6 Å². The number of nitrogens with one attached hydrogen (secondary N) is 2. The molecule has 49 heavy (non-hydrogen) atoms. The number of aliphatic hydroxyl groups is 1. The first-order valence-corrected chi connectivity index (χ1v) is 18.3. The van der Waals surface area contributed by atoms with E-state index in [1.54, 1.807) is 0 Å². The Morgan fingerprint density at radius 3 is 2.14 bits per heavy atom. The largest absolute Gasteiger partial charge is 0.416 e. The number of allylic oxidation sites excluding steroid dienone is 2. The molecule has 0 aromatic heterocycles. The lowest BCUT2D eigenvalue weighted by Crippen LogP contribution is -2.66. The maximum Gasteiger partial charge on any atom is 0.416 e. The summed E-state index contributed by atoms with van der Waals surface area (Å²) in [6.07, 6.45) is 5.08. The van der Waals surface area contributed by atoms with Crippen LogP contribution in [0.25, 0.3) is 0 Å². The van der Waals surface area contributed by atoms with Gasteiger partial charge < -0.3 is 15.7 Å². The van der Waals surface area contributed by atoms with Crippen molar-refractivity contribution in [3.63, 3.8) is 0 Å². The van der Waals surface area contributed by atoms with E-state index in [0.29, 0.717) is 6.42 Å². The third-order valence-electron chi connectivity index (χ3n) is 15.3. The van der Waals surface area contributed by atoms with Crippen molar-refractivity contribution in [3.05, 3.63) is 47.0 Å². The minimum absolute atomic E-state index is 0.00227. The molecule has 0 saturated heterocycles. The molecule has 9 heteroatoms. The standard InChI is InChI=1S/C40H55F3N2O4/c1-34(2)29-12-15-39(7)31(37(29,5)14-13-30(34)47)28(46)22-26-27-23-36(4,17-16-35(27,3)18-19-38(26,39)6)33(49)45-21-20-44-32(48)24-8-10-25(11-9-24)40(41,42)43/h8-11,22,27,29-31,47H,12-21,23H2,1-7H3,(H,44,48)(H,45,49)/t27-,29?,30+,31-,35-,36+,37+,38-,39-/m1/s1. The van der Waals surface area contributed by atoms with Crippen LogP contribution >= 0.6 is 0 Å². The van der Waals surface area contributed by atoms with Crippen molar-refractivity contribution in [2.45, 2.75) is 119 Å². The predicted molar refractivity (Wildman–Crippen MR) is 182 cm³/mol. The van der Waals surface area contributed by atoms with Gasteiger partial charge in [-0.05, 0) is 127 Å². The van der Waals surface area contributed by atoms with Crippen LogP contribution in [0.4, 0.5) is 13.2 Å². The maximum atomic E-state index is 14.5. The predicted octanol–water partition coefficient (Wildman–Crippen LogP) is 7.89. The average molecular weight is 685 g/mol. The fraction of sp³-hybridized carbons (Fsp3) is 0.725. The third-order valence-corrected chi connectivity index (χ3v) is 15.3. The van der Waals surface area contributed by atoms with Crippen molar-refractivity contribution in [3.8, 4) is 0 Å². The zero-order valence-corrected chi connectivity index (χ0v) is 30.3. The number of amides is 2. The molecule has 6 rings (SSSR count). The van der Waals surface area contributed by atoms with Crippen LogP contribution in [0.1, 0.15) is 122 Å². The summed E-state index contributed by atoms with van der Waals surface area (Å²) >= 11 is 0. The molecule has 270 valence electrons. The second-order valence-electron chi connectivity index (χ2n) is 18.2. The number of carbonyl (C=O) groups excluding carboxylic acids is 3. The van der Waals surface area contributed by atoms with Crippen molar-refractivity contribution in [1.82, 2.24) is 10.6 Å². The fourth-order valence-corrected chi connectivity index (χ4v) is 11.9. The average Bonchev–Trinajstić information content (AvgIpc) is 3.02. The van der Waals surface area contributed by atoms with E-state index in [1.165, 1.54) is 5.57 Å². The molecule has 3 N–H and O–H groups in total. The molecule has 9 atom stereocenters. The summed E-state index contributed by atoms with van der Waals surface area (Å²) in [5.74, 6) is -0.0560. The van der Waals surface area contributed by atoms with E-state index in [-0.39, 0.29) is 81.3 Å². The van der Waals surface area contributed by atoms with Crippen LogP contribution in [0.5, 0.6) is 0 Å². The zero-order valence-electron chi connectivity index (χ0n) is 30.3. The van der Waals surface area contributed by atoms with E-state index in [9.17, 15) is 32.7 Å². The number of rotatable bonds is 5. The zero-order chi connectivity index (χ0) is 36.0. The van der Waals surface area contributed by atoms with Crippen LogP contribution in [0, 0.1) is 50.2 Å². The van der Waals surface area contributed by atoms with Gasteiger partial charge in [0.2, 0.25) is 5.91 Å². The van der Waals surface area contributed by atoms with Gasteiger partial charge in [-0.3, -0.25) is 14.4 Å². The van der Waals surface area contributed by atoms with E-state index in [0.717, 1.165) is 75.6 Å². The van der Waals surface area contributed by atoms with E-state index >= 15 is 0 Å². The van der Waals surface area contributed by atoms with Gasteiger partial charge in [-0.25, -0.2) is 0 Å². The van der Waals surface area contributed by atoms with E-state index in [1.807, 2.05) is 13.0 Å². The van der Waals surface area contributed by atoms with Gasteiger partial charge in [-0.1, -0.05) is 54.0 Å². The number of hydrogen-bond donors (Lipinski definition) is 3. The maximum absolute atomic E-state index is 14.5. The molecule has 5 aliphatic carbocycles. The van der Waals surface area contributed by atoms with E-state index in [2.05, 4.69) is 52.2 Å². The summed E-state index contributed by atoms with van der Waals surface area (Å²) in [5, 5.41) is 16.7. The van der Waals surface area contributed by atoms with Crippen molar-refractivity contribution in [1.29, 1.82) is 0 Å². The SMILES string of the molecule is CC1(C)C2CC[C@]3(C)[C@H](C(=O)C=C4[C@H]5C[C@@](C)(C(=O)NCCNC(=O)c6ccc(C(F)(F)F)cc6)CC[C@]5(C)CC[C@]43C)[C@@]2(C)CC[C@@H]1O. The molecule has 0 aliphatic heterocycles. The quantitative estimate of drug-likeness (QED) is 0.275. The number of hydrogen-bond acceptors (Lipinski definition) is 4. The lowest BCUT2D eigenvalue weighted by Gasteiger charge is -2.70. The number of alkyl halides is 3. The summed E-state index contributed by atoms with van der Waals surface area (Å²) in [4.78, 5) is 40.9. The molecule has 0 bridgehead atoms. The van der Waals surface area contributed by atoms with Crippen molar-refractivity contribution in [2.24, 2.45) is 50.2 Å². The lowest BCUT2D eigenvalue weighted by molar-refractivity contribution is -0.202. The van der Waals surface area contributed by atoms with Crippen LogP contribution < -0.4 is 10.6 Å². The Morgan fingerprint density at radius 2 is 1.49 bits per heavy atom. The van der Waals surface area contributed by atoms with Crippen LogP contribution in [0.3, 0.4) is 0 Å². The number of carbonyl (C=O) groups is 3. The Kier molecular flexibility index (Phi) is 8.61. The van der Waals surface area contributed by atoms with Gasteiger partial charge >= 0.3 is 6.18 Å². The van der Waals surface area contributed by atoms with Crippen molar-refractivity contribution in [2.75, 3.05) is 13.1 Å². The first-order valence-electron chi connectivity index (χ1n) is 18.3. The number of ketones is 1. The van der Waals surface area contributed by atoms with Gasteiger partial charge in [0, 0.05) is 30.0 Å². The van der Waals surface area contributed by atoms with Gasteiger partial charge in [-0.15, -0.1) is 0 Å². The topological polar surface area (TPSA) is 95.5 Å². The first kappa shape index (κ1) is 36.1. The fourth-order valence-electron chi connectivity index (χ4n) is 11.9. The molecule has 1 aromatic carbocycles. The lowest BCUT2D eigenvalue weighted by atomic mass is 9.33. The van der Waals surface area contributed by atoms with E-state index < -0.39 is 23.1 Å². The Hall–Kier alpha value is -2.68. The summed E-state index contributed by atoms with van der Waals surface area (Å²) < 4.78 is 38.6. The van der Waals surface area contributed by atoms with Gasteiger partial charge in [0.05, 0.1) is 11.7 Å². The number of halogens is 3. The summed E-state index contributed by atoms with van der Waals surface area (Å²) in [6, 6.07) is 4.06. The highest BCUT2D eigenvalue weighted by atomic mass is 19.4. The summed E-state index contributed by atoms with van der Waals surface area (Å²) in [5.41, 5.74) is -0.889. The molecule has 0 radical (unpaired) electrons. The molecule has 2 amide bonds. The van der Waals surface area contributed by atoms with Crippen LogP contribution in [-0.4, -0.2) is 41.9 Å². The second-order valence-corrected chi connectivity index (χ2v) is 18.2. The molecule has 5 aliphatic rings. The molecule has 4 fully saturated rings.